The fourth-order valence-electron chi connectivity index (χ4n) is 2.07. The highest BCUT2D eigenvalue weighted by Gasteiger charge is 2.28. The van der Waals surface area contributed by atoms with E-state index in [4.69, 9.17) is 14.2 Å². The number of para-hydroxylation sites is 2. The molecule has 0 amide bonds. The van der Waals surface area contributed by atoms with Crippen molar-refractivity contribution in [2.45, 2.75) is 19.6 Å². The quantitative estimate of drug-likeness (QED) is 0.813. The molecule has 0 bridgehead atoms. The Labute approximate surface area is 123 Å². The van der Waals surface area contributed by atoms with Gasteiger partial charge >= 0.3 is 5.97 Å². The second-order valence-corrected chi connectivity index (χ2v) is 4.96. The van der Waals surface area contributed by atoms with Crippen molar-refractivity contribution >= 4 is 5.97 Å². The molecule has 2 aromatic rings. The Morgan fingerprint density at radius 2 is 1.86 bits per heavy atom. The number of rotatable bonds is 3. The maximum atomic E-state index is 12.0. The summed E-state index contributed by atoms with van der Waals surface area (Å²) in [5, 5.41) is 0. The van der Waals surface area contributed by atoms with Crippen LogP contribution >= 0.6 is 0 Å². The molecule has 1 atom stereocenters. The molecule has 0 spiro atoms. The average Bonchev–Trinajstić information content (AvgIpc) is 2.53. The summed E-state index contributed by atoms with van der Waals surface area (Å²) in [5.74, 6) is 0.811. The number of carbonyl (C=O) groups excluding carboxylic acids is 1. The Balaban J connectivity index is 1.58. The molecule has 0 aromatic heterocycles. The van der Waals surface area contributed by atoms with Gasteiger partial charge in [0, 0.05) is 0 Å². The molecule has 108 valence electrons. The van der Waals surface area contributed by atoms with Crippen LogP contribution in [0.25, 0.3) is 0 Å². The van der Waals surface area contributed by atoms with Gasteiger partial charge in [0.25, 0.3) is 0 Å². The zero-order valence-corrected chi connectivity index (χ0v) is 11.7. The molecule has 0 saturated carbocycles. The SMILES string of the molecule is Cc1ccc(COC(=O)C2COc3ccccc3O2)cc1. The van der Waals surface area contributed by atoms with E-state index in [1.165, 1.54) is 5.56 Å². The lowest BCUT2D eigenvalue weighted by molar-refractivity contribution is -0.155. The first kappa shape index (κ1) is 13.5. The van der Waals surface area contributed by atoms with Crippen molar-refractivity contribution in [1.29, 1.82) is 0 Å². The number of benzene rings is 2. The summed E-state index contributed by atoms with van der Waals surface area (Å²) in [6.45, 7) is 2.42. The lowest BCUT2D eigenvalue weighted by Crippen LogP contribution is -2.37. The maximum absolute atomic E-state index is 12.0. The smallest absolute Gasteiger partial charge is 0.351 e. The highest BCUT2D eigenvalue weighted by Crippen LogP contribution is 2.31. The Kier molecular flexibility index (Phi) is 3.77. The Morgan fingerprint density at radius 3 is 2.62 bits per heavy atom. The molecule has 0 radical (unpaired) electrons. The Bertz CT molecular complexity index is 633. The first-order valence-electron chi connectivity index (χ1n) is 6.83. The largest absolute Gasteiger partial charge is 0.485 e. The predicted octanol–water partition coefficient (Wildman–Crippen LogP) is 2.88. The molecule has 0 N–H and O–H groups in total. The summed E-state index contributed by atoms with van der Waals surface area (Å²) < 4.78 is 16.4. The van der Waals surface area contributed by atoms with Crippen molar-refractivity contribution in [2.24, 2.45) is 0 Å². The van der Waals surface area contributed by atoms with Gasteiger partial charge in [-0.2, -0.15) is 0 Å². The van der Waals surface area contributed by atoms with E-state index in [9.17, 15) is 4.79 Å². The molecule has 3 rings (SSSR count). The number of fused-ring (bicyclic) bond motifs is 1. The standard InChI is InChI=1S/C17H16O4/c1-12-6-8-13(9-7-12)10-20-17(18)16-11-19-14-4-2-3-5-15(14)21-16/h2-9,16H,10-11H2,1H3. The van der Waals surface area contributed by atoms with E-state index in [0.29, 0.717) is 11.5 Å². The lowest BCUT2D eigenvalue weighted by atomic mass is 10.2. The monoisotopic (exact) mass is 284 g/mol. The van der Waals surface area contributed by atoms with Crippen LogP contribution in [0.2, 0.25) is 0 Å². The minimum atomic E-state index is -0.717. The van der Waals surface area contributed by atoms with Gasteiger partial charge in [-0.15, -0.1) is 0 Å². The van der Waals surface area contributed by atoms with Gasteiger partial charge in [0.05, 0.1) is 0 Å². The van der Waals surface area contributed by atoms with Crippen LogP contribution in [0.1, 0.15) is 11.1 Å². The fourth-order valence-corrected chi connectivity index (χ4v) is 2.07. The first-order valence-corrected chi connectivity index (χ1v) is 6.83. The lowest BCUT2D eigenvalue weighted by Gasteiger charge is -2.24. The van der Waals surface area contributed by atoms with E-state index in [1.54, 1.807) is 6.07 Å². The van der Waals surface area contributed by atoms with Gasteiger partial charge in [0.1, 0.15) is 13.2 Å². The van der Waals surface area contributed by atoms with Crippen molar-refractivity contribution in [3.8, 4) is 11.5 Å². The van der Waals surface area contributed by atoms with Crippen LogP contribution in [0.4, 0.5) is 0 Å². The van der Waals surface area contributed by atoms with Gasteiger partial charge in [-0.3, -0.25) is 0 Å². The van der Waals surface area contributed by atoms with Gasteiger partial charge in [0.15, 0.2) is 11.5 Å². The number of aryl methyl sites for hydroxylation is 1. The number of esters is 1. The van der Waals surface area contributed by atoms with Crippen molar-refractivity contribution in [2.75, 3.05) is 6.61 Å². The minimum absolute atomic E-state index is 0.170. The summed E-state index contributed by atoms with van der Waals surface area (Å²) in [6, 6.07) is 15.1. The van der Waals surface area contributed by atoms with Crippen LogP contribution in [0, 0.1) is 6.92 Å². The van der Waals surface area contributed by atoms with Crippen LogP contribution in [-0.4, -0.2) is 18.7 Å². The van der Waals surface area contributed by atoms with Gasteiger partial charge < -0.3 is 14.2 Å². The molecule has 1 heterocycles. The summed E-state index contributed by atoms with van der Waals surface area (Å²) in [4.78, 5) is 12.0. The zero-order chi connectivity index (χ0) is 14.7. The van der Waals surface area contributed by atoms with Crippen molar-refractivity contribution in [1.82, 2.24) is 0 Å². The highest BCUT2D eigenvalue weighted by atomic mass is 16.6. The van der Waals surface area contributed by atoms with E-state index in [1.807, 2.05) is 49.4 Å². The fraction of sp³-hybridized carbons (Fsp3) is 0.235. The number of hydrogen-bond donors (Lipinski definition) is 0. The summed E-state index contributed by atoms with van der Waals surface area (Å²) in [6.07, 6.45) is -0.717. The van der Waals surface area contributed by atoms with Crippen LogP contribution in [0.3, 0.4) is 0 Å². The molecule has 0 fully saturated rings. The van der Waals surface area contributed by atoms with E-state index < -0.39 is 12.1 Å². The second kappa shape index (κ2) is 5.87. The molecule has 1 aliphatic heterocycles. The van der Waals surface area contributed by atoms with Crippen LogP contribution in [0.15, 0.2) is 48.5 Å². The molecule has 4 nitrogen and oxygen atoms in total. The number of ether oxygens (including phenoxy) is 3. The van der Waals surface area contributed by atoms with Gasteiger partial charge in [-0.25, -0.2) is 4.79 Å². The molecule has 4 heteroatoms. The molecular formula is C17H16O4. The number of hydrogen-bond acceptors (Lipinski definition) is 4. The van der Waals surface area contributed by atoms with Crippen LogP contribution in [-0.2, 0) is 16.1 Å². The molecule has 2 aromatic carbocycles. The third-order valence-electron chi connectivity index (χ3n) is 3.27. The van der Waals surface area contributed by atoms with Gasteiger partial charge in [-0.1, -0.05) is 42.0 Å². The van der Waals surface area contributed by atoms with Crippen molar-refractivity contribution in [3.05, 3.63) is 59.7 Å². The predicted molar refractivity (Wildman–Crippen MR) is 77.3 cm³/mol. The van der Waals surface area contributed by atoms with Crippen molar-refractivity contribution in [3.63, 3.8) is 0 Å². The van der Waals surface area contributed by atoms with E-state index in [2.05, 4.69) is 0 Å². The van der Waals surface area contributed by atoms with Gasteiger partial charge in [-0.05, 0) is 24.6 Å². The Hall–Kier alpha value is -2.49. The minimum Gasteiger partial charge on any atom is -0.485 e. The molecule has 0 saturated heterocycles. The van der Waals surface area contributed by atoms with Gasteiger partial charge in [0.2, 0.25) is 6.10 Å². The van der Waals surface area contributed by atoms with E-state index in [0.717, 1.165) is 5.56 Å². The van der Waals surface area contributed by atoms with Crippen molar-refractivity contribution < 1.29 is 19.0 Å². The maximum Gasteiger partial charge on any atom is 0.351 e. The van der Waals surface area contributed by atoms with Crippen LogP contribution in [0.5, 0.6) is 11.5 Å². The summed E-state index contributed by atoms with van der Waals surface area (Å²) in [7, 11) is 0. The third kappa shape index (κ3) is 3.16. The third-order valence-corrected chi connectivity index (χ3v) is 3.27. The first-order chi connectivity index (χ1) is 10.2. The molecule has 1 aliphatic rings. The van der Waals surface area contributed by atoms with E-state index in [-0.39, 0.29) is 13.2 Å². The number of carbonyl (C=O) groups is 1. The second-order valence-electron chi connectivity index (χ2n) is 4.96. The molecule has 1 unspecified atom stereocenters. The molecular weight excluding hydrogens is 268 g/mol. The molecule has 21 heavy (non-hydrogen) atoms. The summed E-state index contributed by atoms with van der Waals surface area (Å²) >= 11 is 0. The van der Waals surface area contributed by atoms with E-state index >= 15 is 0 Å². The average molecular weight is 284 g/mol. The zero-order valence-electron chi connectivity index (χ0n) is 11.7. The Morgan fingerprint density at radius 1 is 1.14 bits per heavy atom. The topological polar surface area (TPSA) is 44.8 Å². The molecule has 0 aliphatic carbocycles. The highest BCUT2D eigenvalue weighted by molar-refractivity contribution is 5.76. The summed E-state index contributed by atoms with van der Waals surface area (Å²) in [5.41, 5.74) is 2.12. The van der Waals surface area contributed by atoms with Crippen LogP contribution < -0.4 is 9.47 Å². The normalized spacial score (nSPS) is 16.3.